The highest BCUT2D eigenvalue weighted by atomic mass is 28.4. The summed E-state index contributed by atoms with van der Waals surface area (Å²) in [5.41, 5.74) is 7.90. The zero-order chi connectivity index (χ0) is 8.04. The van der Waals surface area contributed by atoms with Crippen LogP contribution in [0.1, 0.15) is 6.42 Å². The molecule has 4 nitrogen and oxygen atoms in total. The van der Waals surface area contributed by atoms with Crippen molar-refractivity contribution in [3.63, 3.8) is 0 Å². The lowest BCUT2D eigenvalue weighted by molar-refractivity contribution is 0.544. The van der Waals surface area contributed by atoms with Crippen molar-refractivity contribution >= 4 is 8.32 Å². The lowest BCUT2D eigenvalue weighted by Crippen LogP contribution is -2.24. The van der Waals surface area contributed by atoms with Crippen molar-refractivity contribution in [3.05, 3.63) is 10.4 Å². The van der Waals surface area contributed by atoms with E-state index in [0.29, 0.717) is 6.54 Å². The minimum atomic E-state index is -1.89. The second kappa shape index (κ2) is 4.33. The number of nitrogens with zero attached hydrogens (tertiary/aromatic N) is 3. The lowest BCUT2D eigenvalue weighted by atomic mass is 10.5. The van der Waals surface area contributed by atoms with Crippen LogP contribution in [0.15, 0.2) is 5.11 Å². The highest BCUT2D eigenvalue weighted by molar-refractivity contribution is 6.69. The van der Waals surface area contributed by atoms with Crippen LogP contribution in [-0.4, -0.2) is 19.7 Å². The maximum absolute atomic E-state index is 9.32. The Morgan fingerprint density at radius 3 is 2.60 bits per heavy atom. The van der Waals surface area contributed by atoms with Gasteiger partial charge in [-0.2, -0.15) is 0 Å². The van der Waals surface area contributed by atoms with Crippen LogP contribution in [0.3, 0.4) is 0 Å². The molecular weight excluding hydrogens is 146 g/mol. The average molecular weight is 159 g/mol. The van der Waals surface area contributed by atoms with Crippen LogP contribution >= 0.6 is 0 Å². The molecule has 0 saturated carbocycles. The molecule has 0 saturated heterocycles. The first-order chi connectivity index (χ1) is 4.56. The first-order valence-electron chi connectivity index (χ1n) is 3.29. The highest BCUT2D eigenvalue weighted by Gasteiger charge is 2.14. The van der Waals surface area contributed by atoms with Crippen molar-refractivity contribution in [2.45, 2.75) is 25.6 Å². The molecule has 0 fully saturated rings. The van der Waals surface area contributed by atoms with Crippen LogP contribution < -0.4 is 0 Å². The maximum atomic E-state index is 9.32. The van der Waals surface area contributed by atoms with Gasteiger partial charge in [-0.05, 0) is 31.1 Å². The molecule has 0 aliphatic carbocycles. The molecule has 0 aromatic heterocycles. The first kappa shape index (κ1) is 9.49. The van der Waals surface area contributed by atoms with Gasteiger partial charge in [0, 0.05) is 11.5 Å². The third kappa shape index (κ3) is 7.49. The van der Waals surface area contributed by atoms with Crippen molar-refractivity contribution in [3.8, 4) is 0 Å². The molecule has 0 heterocycles. The molecule has 0 spiro atoms. The molecule has 0 radical (unpaired) electrons. The Hall–Kier alpha value is -0.513. The highest BCUT2D eigenvalue weighted by Crippen LogP contribution is 2.06. The Morgan fingerprint density at radius 2 is 2.20 bits per heavy atom. The molecule has 0 atom stereocenters. The van der Waals surface area contributed by atoms with E-state index < -0.39 is 8.32 Å². The van der Waals surface area contributed by atoms with Crippen LogP contribution in [0.2, 0.25) is 19.1 Å². The smallest absolute Gasteiger partial charge is 0.182 e. The predicted molar refractivity (Wildman–Crippen MR) is 43.1 cm³/mol. The van der Waals surface area contributed by atoms with E-state index in [1.165, 1.54) is 0 Å². The van der Waals surface area contributed by atoms with Gasteiger partial charge in [0.15, 0.2) is 8.32 Å². The van der Waals surface area contributed by atoms with Crippen LogP contribution in [0.25, 0.3) is 10.4 Å². The molecule has 58 valence electrons. The van der Waals surface area contributed by atoms with Gasteiger partial charge in [-0.1, -0.05) is 5.11 Å². The van der Waals surface area contributed by atoms with Gasteiger partial charge in [-0.25, -0.2) is 0 Å². The summed E-state index contributed by atoms with van der Waals surface area (Å²) in [4.78, 5) is 11.9. The van der Waals surface area contributed by atoms with Gasteiger partial charge in [0.05, 0.1) is 0 Å². The van der Waals surface area contributed by atoms with Gasteiger partial charge in [0.1, 0.15) is 0 Å². The quantitative estimate of drug-likeness (QED) is 0.220. The van der Waals surface area contributed by atoms with E-state index in [9.17, 15) is 4.80 Å². The molecule has 0 amide bonds. The second-order valence-electron chi connectivity index (χ2n) is 2.87. The van der Waals surface area contributed by atoms with E-state index in [1.807, 2.05) is 13.1 Å². The molecule has 10 heavy (non-hydrogen) atoms. The first-order valence-corrected chi connectivity index (χ1v) is 6.45. The van der Waals surface area contributed by atoms with Gasteiger partial charge >= 0.3 is 0 Å². The van der Waals surface area contributed by atoms with Gasteiger partial charge in [-0.15, -0.1) is 0 Å². The molecular formula is C5H13N3OSi. The second-order valence-corrected chi connectivity index (χ2v) is 7.00. The topological polar surface area (TPSA) is 69.0 Å². The van der Waals surface area contributed by atoms with E-state index >= 15 is 0 Å². The summed E-state index contributed by atoms with van der Waals surface area (Å²) in [5, 5.41) is 3.37. The zero-order valence-corrected chi connectivity index (χ0v) is 7.41. The lowest BCUT2D eigenvalue weighted by Gasteiger charge is -2.11. The number of rotatable bonds is 4. The Bertz CT molecular complexity index is 136. The molecule has 0 bridgehead atoms. The Labute approximate surface area is 61.6 Å². The fourth-order valence-electron chi connectivity index (χ4n) is 0.627. The summed E-state index contributed by atoms with van der Waals surface area (Å²) in [5.74, 6) is 0. The van der Waals surface area contributed by atoms with Crippen LogP contribution in [0.5, 0.6) is 0 Å². The Morgan fingerprint density at radius 1 is 1.60 bits per heavy atom. The molecule has 0 aromatic carbocycles. The third-order valence-electron chi connectivity index (χ3n) is 1.11. The van der Waals surface area contributed by atoms with Crippen molar-refractivity contribution in [1.82, 2.24) is 0 Å². The Kier molecular flexibility index (Phi) is 4.10. The van der Waals surface area contributed by atoms with Crippen molar-refractivity contribution < 1.29 is 4.80 Å². The summed E-state index contributed by atoms with van der Waals surface area (Å²) in [6, 6.07) is 0.812. The van der Waals surface area contributed by atoms with Gasteiger partial charge < -0.3 is 4.80 Å². The van der Waals surface area contributed by atoms with E-state index in [0.717, 1.165) is 12.5 Å². The number of hydrogen-bond acceptors (Lipinski definition) is 2. The molecule has 0 aliphatic heterocycles. The average Bonchev–Trinajstić information content (AvgIpc) is 1.78. The molecule has 0 aliphatic rings. The van der Waals surface area contributed by atoms with Crippen LogP contribution in [0.4, 0.5) is 0 Å². The van der Waals surface area contributed by atoms with Gasteiger partial charge in [0.2, 0.25) is 0 Å². The van der Waals surface area contributed by atoms with Gasteiger partial charge in [-0.3, -0.25) is 0 Å². The summed E-state index contributed by atoms with van der Waals surface area (Å²) >= 11 is 0. The fourth-order valence-corrected chi connectivity index (χ4v) is 1.65. The van der Waals surface area contributed by atoms with Crippen molar-refractivity contribution in [1.29, 1.82) is 0 Å². The Balaban J connectivity index is 3.28. The SMILES string of the molecule is C[Si](C)(O)CCCN=[N+]=[N-]. The number of azide groups is 1. The molecule has 0 rings (SSSR count). The minimum Gasteiger partial charge on any atom is -0.432 e. The normalized spacial score (nSPS) is 10.7. The van der Waals surface area contributed by atoms with E-state index in [2.05, 4.69) is 10.0 Å². The van der Waals surface area contributed by atoms with Crippen molar-refractivity contribution in [2.75, 3.05) is 6.54 Å². The monoisotopic (exact) mass is 159 g/mol. The van der Waals surface area contributed by atoms with Gasteiger partial charge in [0.25, 0.3) is 0 Å². The van der Waals surface area contributed by atoms with Crippen molar-refractivity contribution in [2.24, 2.45) is 5.11 Å². The summed E-state index contributed by atoms with van der Waals surface area (Å²) in [6.07, 6.45) is 0.805. The zero-order valence-electron chi connectivity index (χ0n) is 6.41. The molecule has 0 unspecified atom stereocenters. The van der Waals surface area contributed by atoms with E-state index in [-0.39, 0.29) is 0 Å². The standard InChI is InChI=1S/C5H13N3OSi/c1-10(2,9)5-3-4-7-8-6/h9H,3-5H2,1-2H3. The summed E-state index contributed by atoms with van der Waals surface area (Å²) < 4.78 is 0. The number of hydrogen-bond donors (Lipinski definition) is 1. The van der Waals surface area contributed by atoms with E-state index in [1.54, 1.807) is 0 Å². The minimum absolute atomic E-state index is 0.507. The van der Waals surface area contributed by atoms with Crippen LogP contribution in [-0.2, 0) is 0 Å². The largest absolute Gasteiger partial charge is 0.432 e. The third-order valence-corrected chi connectivity index (χ3v) is 2.69. The van der Waals surface area contributed by atoms with Crippen LogP contribution in [0, 0.1) is 0 Å². The van der Waals surface area contributed by atoms with E-state index in [4.69, 9.17) is 5.53 Å². The molecule has 5 heteroatoms. The molecule has 1 N–H and O–H groups in total. The summed E-state index contributed by atoms with van der Waals surface area (Å²) in [7, 11) is -1.89. The fraction of sp³-hybridized carbons (Fsp3) is 1.00. The maximum Gasteiger partial charge on any atom is 0.182 e. The predicted octanol–water partition coefficient (Wildman–Crippen LogP) is 1.88. The summed E-state index contributed by atoms with van der Waals surface area (Å²) in [6.45, 7) is 4.26. The molecule has 0 aromatic rings.